The van der Waals surface area contributed by atoms with Gasteiger partial charge in [-0.3, -0.25) is 9.59 Å². The molecule has 1 saturated carbocycles. The molecule has 0 spiro atoms. The van der Waals surface area contributed by atoms with E-state index in [0.717, 1.165) is 53.6 Å². The lowest BCUT2D eigenvalue weighted by Gasteiger charge is -2.37. The molecule has 0 bridgehead atoms. The van der Waals surface area contributed by atoms with Crippen molar-refractivity contribution in [1.82, 2.24) is 20.7 Å². The first-order chi connectivity index (χ1) is 20.7. The smallest absolute Gasteiger partial charge is 0.329 e. The molecule has 238 valence electrons. The van der Waals surface area contributed by atoms with Crippen LogP contribution in [0.3, 0.4) is 0 Å². The molecule has 4 N–H and O–H groups in total. The van der Waals surface area contributed by atoms with Gasteiger partial charge in [0.1, 0.15) is 11.5 Å². The number of ether oxygens (including phenoxy) is 2. The van der Waals surface area contributed by atoms with Crippen LogP contribution in [0.5, 0.6) is 11.5 Å². The molecule has 12 heteroatoms. The Morgan fingerprint density at radius 1 is 1.07 bits per heavy atom. The van der Waals surface area contributed by atoms with Crippen molar-refractivity contribution >= 4 is 27.9 Å². The van der Waals surface area contributed by atoms with E-state index >= 15 is 0 Å². The summed E-state index contributed by atoms with van der Waals surface area (Å²) < 4.78 is 39.7. The summed E-state index contributed by atoms with van der Waals surface area (Å²) in [6.45, 7) is 10.6. The van der Waals surface area contributed by atoms with E-state index < -0.39 is 21.7 Å². The number of urea groups is 1. The molecule has 1 saturated heterocycles. The third kappa shape index (κ3) is 6.14. The number of amides is 3. The molecule has 2 heterocycles. The fourth-order valence-electron chi connectivity index (χ4n) is 6.82. The normalized spacial score (nSPS) is 24.1. The van der Waals surface area contributed by atoms with E-state index in [0.29, 0.717) is 49.8 Å². The maximum Gasteiger partial charge on any atom is 0.329 e. The van der Waals surface area contributed by atoms with E-state index in [9.17, 15) is 22.8 Å². The summed E-state index contributed by atoms with van der Waals surface area (Å²) in [6.07, 6.45) is 4.40. The highest BCUT2D eigenvalue weighted by molar-refractivity contribution is 7.90. The summed E-state index contributed by atoms with van der Waals surface area (Å²) in [5.41, 5.74) is 2.79. The van der Waals surface area contributed by atoms with Gasteiger partial charge in [0.25, 0.3) is 15.9 Å². The predicted molar refractivity (Wildman–Crippen MR) is 164 cm³/mol. The molecule has 2 fully saturated rings. The minimum absolute atomic E-state index is 0.00921. The summed E-state index contributed by atoms with van der Waals surface area (Å²) >= 11 is 0. The van der Waals surface area contributed by atoms with Crippen LogP contribution in [0.2, 0.25) is 0 Å². The van der Waals surface area contributed by atoms with Crippen molar-refractivity contribution in [2.75, 3.05) is 19.6 Å². The second-order valence-electron chi connectivity index (χ2n) is 12.5. The maximum absolute atomic E-state index is 13.3. The number of benzene rings is 2. The van der Waals surface area contributed by atoms with Gasteiger partial charge in [-0.15, -0.1) is 0 Å². The van der Waals surface area contributed by atoms with Gasteiger partial charge in [-0.1, -0.05) is 18.6 Å². The number of hydrogen-bond donors (Lipinski definition) is 4. The second kappa shape index (κ2) is 12.0. The van der Waals surface area contributed by atoms with E-state index in [1.165, 1.54) is 19.1 Å². The van der Waals surface area contributed by atoms with Gasteiger partial charge >= 0.3 is 12.0 Å². The van der Waals surface area contributed by atoms with Gasteiger partial charge in [-0.25, -0.2) is 17.9 Å². The first kappa shape index (κ1) is 31.8. The van der Waals surface area contributed by atoms with Gasteiger partial charge in [-0.2, -0.15) is 0 Å². The number of carbonyl (C=O) groups is 3. The minimum atomic E-state index is -4.04. The third-order valence-corrected chi connectivity index (χ3v) is 10.9. The molecule has 44 heavy (non-hydrogen) atoms. The molecule has 3 aliphatic rings. The highest BCUT2D eigenvalue weighted by atomic mass is 32.2. The van der Waals surface area contributed by atoms with Gasteiger partial charge in [0.15, 0.2) is 5.60 Å². The Hall–Kier alpha value is -3.64. The van der Waals surface area contributed by atoms with Gasteiger partial charge in [0.05, 0.1) is 10.4 Å². The first-order valence-corrected chi connectivity index (χ1v) is 16.7. The Bertz CT molecular complexity index is 1580. The second-order valence-corrected chi connectivity index (χ2v) is 14.2. The lowest BCUT2D eigenvalue weighted by Crippen LogP contribution is -2.55. The van der Waals surface area contributed by atoms with Crippen molar-refractivity contribution in [1.29, 1.82) is 0 Å². The van der Waals surface area contributed by atoms with E-state index in [4.69, 9.17) is 9.47 Å². The number of carbonyl (C=O) groups excluding carboxylic acids is 3. The third-order valence-electron chi connectivity index (χ3n) is 9.53. The topological polar surface area (TPSA) is 152 Å². The number of fused-ring (bicyclic) bond motifs is 2. The number of hydrogen-bond acceptors (Lipinski definition) is 8. The highest BCUT2D eigenvalue weighted by Crippen LogP contribution is 2.44. The Balaban J connectivity index is 1.15. The molecule has 2 aliphatic heterocycles. The highest BCUT2D eigenvalue weighted by Gasteiger charge is 2.47. The van der Waals surface area contributed by atoms with Crippen LogP contribution in [0.4, 0.5) is 4.79 Å². The average molecular weight is 627 g/mol. The fraction of sp³-hybridized carbons (Fsp3) is 0.531. The van der Waals surface area contributed by atoms with Crippen molar-refractivity contribution in [2.24, 2.45) is 5.92 Å². The molecule has 0 radical (unpaired) electrons. The fourth-order valence-corrected chi connectivity index (χ4v) is 7.73. The van der Waals surface area contributed by atoms with E-state index in [1.54, 1.807) is 19.1 Å². The molecular weight excluding hydrogens is 584 g/mol. The number of rotatable bonds is 8. The van der Waals surface area contributed by atoms with Crippen LogP contribution in [0.25, 0.3) is 0 Å². The number of sulfonamides is 1. The Morgan fingerprint density at radius 3 is 2.50 bits per heavy atom. The van der Waals surface area contributed by atoms with E-state index in [2.05, 4.69) is 20.7 Å². The van der Waals surface area contributed by atoms with Crippen LogP contribution in [0.15, 0.2) is 29.2 Å². The lowest BCUT2D eigenvalue weighted by atomic mass is 9.86. The molecule has 2 aromatic carbocycles. The Kier molecular flexibility index (Phi) is 8.69. The van der Waals surface area contributed by atoms with Crippen LogP contribution < -0.4 is 30.1 Å². The summed E-state index contributed by atoms with van der Waals surface area (Å²) in [6, 6.07) is 5.56. The average Bonchev–Trinajstić information content (AvgIpc) is 3.53. The largest absolute Gasteiger partial charge is 0.477 e. The Morgan fingerprint density at radius 2 is 1.80 bits per heavy atom. The zero-order valence-corrected chi connectivity index (χ0v) is 26.8. The summed E-state index contributed by atoms with van der Waals surface area (Å²) in [5, 5.41) is 9.18. The van der Waals surface area contributed by atoms with Crippen LogP contribution >= 0.6 is 0 Å². The van der Waals surface area contributed by atoms with E-state index in [-0.39, 0.29) is 22.3 Å². The van der Waals surface area contributed by atoms with E-state index in [1.807, 2.05) is 20.8 Å². The maximum atomic E-state index is 13.3. The molecule has 3 atom stereocenters. The molecule has 11 nitrogen and oxygen atoms in total. The quantitative estimate of drug-likeness (QED) is 0.258. The van der Waals surface area contributed by atoms with Crippen molar-refractivity contribution in [2.45, 2.75) is 89.2 Å². The molecule has 2 aromatic rings. The minimum Gasteiger partial charge on any atom is -0.477 e. The Labute approximate surface area is 258 Å². The van der Waals surface area contributed by atoms with Gasteiger partial charge < -0.3 is 25.4 Å². The number of esters is 1. The zero-order chi connectivity index (χ0) is 31.9. The molecule has 0 aromatic heterocycles. The molecular formula is C32H42N4O7S. The van der Waals surface area contributed by atoms with Crippen molar-refractivity contribution in [3.63, 3.8) is 0 Å². The van der Waals surface area contributed by atoms with Crippen molar-refractivity contribution in [3.8, 4) is 11.5 Å². The monoisotopic (exact) mass is 626 g/mol. The molecule has 3 amide bonds. The molecule has 3 unspecified atom stereocenters. The molecule has 1 aliphatic carbocycles. The van der Waals surface area contributed by atoms with Crippen LogP contribution in [-0.2, 0) is 32.5 Å². The van der Waals surface area contributed by atoms with Crippen LogP contribution in [0.1, 0.15) is 67.3 Å². The summed E-state index contributed by atoms with van der Waals surface area (Å²) in [5.74, 6) is 0.898. The summed E-state index contributed by atoms with van der Waals surface area (Å²) in [7, 11) is -4.04. The zero-order valence-electron chi connectivity index (χ0n) is 26.0. The predicted octanol–water partition coefficient (Wildman–Crippen LogP) is 3.11. The summed E-state index contributed by atoms with van der Waals surface area (Å²) in [4.78, 5) is 37.5. The van der Waals surface area contributed by atoms with Gasteiger partial charge in [-0.05, 0) is 93.7 Å². The van der Waals surface area contributed by atoms with Crippen LogP contribution in [0, 0.1) is 26.7 Å². The van der Waals surface area contributed by atoms with Gasteiger partial charge in [0, 0.05) is 38.5 Å². The molecule has 5 rings (SSSR count). The van der Waals surface area contributed by atoms with Crippen molar-refractivity contribution in [3.05, 3.63) is 52.1 Å². The van der Waals surface area contributed by atoms with Crippen LogP contribution in [-0.4, -0.2) is 57.1 Å². The SMILES string of the molecule is CC(=O)Oc1c(C)c(C)c2c(c1C)CCC(C)(C(=O)NCCc1ccc(S(=O)(=O)NC(=O)NC34CCCC3CNC4)cc1)O2. The first-order valence-electron chi connectivity index (χ1n) is 15.2. The lowest BCUT2D eigenvalue weighted by molar-refractivity contribution is -0.136. The number of nitrogens with one attached hydrogen (secondary N) is 4. The van der Waals surface area contributed by atoms with Crippen molar-refractivity contribution < 1.29 is 32.3 Å². The van der Waals surface area contributed by atoms with Gasteiger partial charge in [0.2, 0.25) is 0 Å². The standard InChI is InChI=1S/C32H42N4O7S/c1-19-20(2)28-26(21(3)27(19)42-22(4)37)12-15-31(5,43-28)29(38)34-16-13-23-8-10-25(11-9-23)44(40,41)36-30(39)35-32-14-6-7-24(32)17-33-18-32/h8-11,24,33H,6-7,12-18H2,1-5H3,(H,34,38)(H2,35,36,39).